The molecule has 2 nitrogen and oxygen atoms in total. The molecule has 0 atom stereocenters. The quantitative estimate of drug-likeness (QED) is 0.412. The van der Waals surface area contributed by atoms with Crippen LogP contribution < -0.4 is 0 Å². The minimum Gasteiger partial charge on any atom is -0.483 e. The first-order valence-corrected chi connectivity index (χ1v) is 4.42. The van der Waals surface area contributed by atoms with Gasteiger partial charge in [0.25, 0.3) is 0 Å². The van der Waals surface area contributed by atoms with Crippen LogP contribution in [0.5, 0.6) is 0 Å². The van der Waals surface area contributed by atoms with Gasteiger partial charge in [0.2, 0.25) is 5.76 Å². The third kappa shape index (κ3) is 2.35. The minimum atomic E-state index is 0.179. The molecule has 0 radical (unpaired) electrons. The summed E-state index contributed by atoms with van der Waals surface area (Å²) in [7, 11) is 0. The highest BCUT2D eigenvalue weighted by molar-refractivity contribution is 5.83. The monoisotopic (exact) mass is 188 g/mol. The van der Waals surface area contributed by atoms with Crippen molar-refractivity contribution in [1.82, 2.24) is 0 Å². The average molecular weight is 188 g/mol. The molecule has 72 valence electrons. The molecule has 2 heteroatoms. The van der Waals surface area contributed by atoms with Gasteiger partial charge >= 0.3 is 0 Å². The Morgan fingerprint density at radius 3 is 2.57 bits per heavy atom. The molecule has 0 unspecified atom stereocenters. The summed E-state index contributed by atoms with van der Waals surface area (Å²) in [5, 5.41) is 0. The highest BCUT2D eigenvalue weighted by Gasteiger charge is 2.06. The van der Waals surface area contributed by atoms with E-state index in [4.69, 9.17) is 4.74 Å². The molecule has 0 spiro atoms. The molecular formula is C12H12O2. The number of rotatable bonds is 4. The molecule has 1 rings (SSSR count). The second-order valence-corrected chi connectivity index (χ2v) is 2.71. The third-order valence-corrected chi connectivity index (χ3v) is 1.78. The normalized spacial score (nSPS) is 8.93. The third-order valence-electron chi connectivity index (χ3n) is 1.78. The van der Waals surface area contributed by atoms with E-state index in [1.165, 1.54) is 0 Å². The van der Waals surface area contributed by atoms with Crippen molar-refractivity contribution in [2.24, 2.45) is 0 Å². The van der Waals surface area contributed by atoms with E-state index < -0.39 is 0 Å². The zero-order valence-electron chi connectivity index (χ0n) is 8.12. The second-order valence-electron chi connectivity index (χ2n) is 2.71. The topological polar surface area (TPSA) is 26.3 Å². The Hall–Kier alpha value is -1.79. The first-order chi connectivity index (χ1) is 6.79. The first kappa shape index (κ1) is 10.3. The van der Waals surface area contributed by atoms with E-state index in [0.29, 0.717) is 12.2 Å². The molecule has 0 fully saturated rings. The SMILES string of the molecule is C=C(C(=C=O)OCC)c1ccccc1. The fraction of sp³-hybridized carbons (Fsp3) is 0.167. The van der Waals surface area contributed by atoms with Gasteiger partial charge in [0, 0.05) is 5.57 Å². The number of carbonyl (C=O) groups excluding carboxylic acids is 1. The van der Waals surface area contributed by atoms with Gasteiger partial charge in [-0.1, -0.05) is 36.9 Å². The van der Waals surface area contributed by atoms with E-state index >= 15 is 0 Å². The molecule has 0 saturated carbocycles. The zero-order chi connectivity index (χ0) is 10.4. The van der Waals surface area contributed by atoms with Crippen molar-refractivity contribution in [2.75, 3.05) is 6.61 Å². The van der Waals surface area contributed by atoms with E-state index in [2.05, 4.69) is 6.58 Å². The molecule has 0 aliphatic heterocycles. The predicted octanol–water partition coefficient (Wildman–Crippen LogP) is 2.45. The van der Waals surface area contributed by atoms with Crippen LogP contribution in [0.1, 0.15) is 12.5 Å². The Morgan fingerprint density at radius 2 is 2.07 bits per heavy atom. The standard InChI is InChI=1S/C12H12O2/c1-3-14-12(9-13)10(2)11-7-5-4-6-8-11/h4-8H,2-3H2,1H3. The van der Waals surface area contributed by atoms with Gasteiger partial charge in [-0.05, 0) is 12.5 Å². The van der Waals surface area contributed by atoms with Crippen LogP contribution in [0.4, 0.5) is 0 Å². The van der Waals surface area contributed by atoms with Gasteiger partial charge in [0.05, 0.1) is 6.61 Å². The Morgan fingerprint density at radius 1 is 1.43 bits per heavy atom. The molecule has 0 saturated heterocycles. The summed E-state index contributed by atoms with van der Waals surface area (Å²) < 4.78 is 5.10. The predicted molar refractivity (Wildman–Crippen MR) is 56.3 cm³/mol. The summed E-state index contributed by atoms with van der Waals surface area (Å²) in [5.41, 5.74) is 1.45. The van der Waals surface area contributed by atoms with Crippen molar-refractivity contribution >= 4 is 11.5 Å². The Balaban J connectivity index is 2.90. The summed E-state index contributed by atoms with van der Waals surface area (Å²) in [6.45, 7) is 6.05. The molecule has 0 aliphatic rings. The van der Waals surface area contributed by atoms with Gasteiger partial charge in [-0.15, -0.1) is 0 Å². The van der Waals surface area contributed by atoms with Crippen LogP contribution in [-0.2, 0) is 9.53 Å². The number of ether oxygens (including phenoxy) is 1. The van der Waals surface area contributed by atoms with Crippen molar-refractivity contribution < 1.29 is 9.53 Å². The lowest BCUT2D eigenvalue weighted by Crippen LogP contribution is -1.95. The first-order valence-electron chi connectivity index (χ1n) is 4.42. The van der Waals surface area contributed by atoms with Gasteiger partial charge in [0.15, 0.2) is 5.94 Å². The summed E-state index contributed by atoms with van der Waals surface area (Å²) in [6.07, 6.45) is 0. The van der Waals surface area contributed by atoms with Crippen LogP contribution in [-0.4, -0.2) is 12.5 Å². The number of allylic oxidation sites excluding steroid dienone is 1. The highest BCUT2D eigenvalue weighted by Crippen LogP contribution is 2.19. The maximum atomic E-state index is 10.6. The fourth-order valence-electron chi connectivity index (χ4n) is 1.09. The van der Waals surface area contributed by atoms with Crippen LogP contribution in [0, 0.1) is 0 Å². The summed E-state index contributed by atoms with van der Waals surface area (Å²) in [6, 6.07) is 9.42. The van der Waals surface area contributed by atoms with Crippen molar-refractivity contribution in [3.63, 3.8) is 0 Å². The van der Waals surface area contributed by atoms with Crippen molar-refractivity contribution in [3.05, 3.63) is 48.2 Å². The number of hydrogen-bond donors (Lipinski definition) is 0. The molecule has 1 aromatic rings. The molecule has 1 aromatic carbocycles. The minimum absolute atomic E-state index is 0.179. The Kier molecular flexibility index (Phi) is 3.71. The van der Waals surface area contributed by atoms with E-state index in [1.54, 1.807) is 5.94 Å². The van der Waals surface area contributed by atoms with Crippen LogP contribution >= 0.6 is 0 Å². The van der Waals surface area contributed by atoms with E-state index in [9.17, 15) is 4.79 Å². The van der Waals surface area contributed by atoms with Crippen LogP contribution in [0.3, 0.4) is 0 Å². The smallest absolute Gasteiger partial charge is 0.210 e. The van der Waals surface area contributed by atoms with Gasteiger partial charge in [-0.3, -0.25) is 0 Å². The Labute approximate surface area is 83.5 Å². The van der Waals surface area contributed by atoms with Crippen LogP contribution in [0.2, 0.25) is 0 Å². The lowest BCUT2D eigenvalue weighted by molar-refractivity contribution is 0.249. The summed E-state index contributed by atoms with van der Waals surface area (Å²) in [5.74, 6) is 1.93. The van der Waals surface area contributed by atoms with Crippen LogP contribution in [0.25, 0.3) is 5.57 Å². The van der Waals surface area contributed by atoms with Gasteiger partial charge < -0.3 is 4.74 Å². The van der Waals surface area contributed by atoms with E-state index in [0.717, 1.165) is 5.56 Å². The second kappa shape index (κ2) is 5.05. The molecule has 0 bridgehead atoms. The summed E-state index contributed by atoms with van der Waals surface area (Å²) >= 11 is 0. The molecule has 14 heavy (non-hydrogen) atoms. The molecule has 0 heterocycles. The van der Waals surface area contributed by atoms with Crippen molar-refractivity contribution in [1.29, 1.82) is 0 Å². The number of benzene rings is 1. The van der Waals surface area contributed by atoms with Gasteiger partial charge in [-0.2, -0.15) is 0 Å². The van der Waals surface area contributed by atoms with E-state index in [-0.39, 0.29) is 5.76 Å². The summed E-state index contributed by atoms with van der Waals surface area (Å²) in [4.78, 5) is 10.6. The van der Waals surface area contributed by atoms with Gasteiger partial charge in [0.1, 0.15) is 0 Å². The van der Waals surface area contributed by atoms with E-state index in [1.807, 2.05) is 37.3 Å². The maximum absolute atomic E-state index is 10.6. The molecule has 0 N–H and O–H groups in total. The van der Waals surface area contributed by atoms with Crippen molar-refractivity contribution in [3.8, 4) is 0 Å². The molecule has 0 amide bonds. The largest absolute Gasteiger partial charge is 0.483 e. The maximum Gasteiger partial charge on any atom is 0.210 e. The average Bonchev–Trinajstić information content (AvgIpc) is 2.26. The molecular weight excluding hydrogens is 176 g/mol. The molecule has 0 aromatic heterocycles. The zero-order valence-corrected chi connectivity index (χ0v) is 8.12. The fourth-order valence-corrected chi connectivity index (χ4v) is 1.09. The lowest BCUT2D eigenvalue weighted by atomic mass is 10.1. The number of hydrogen-bond acceptors (Lipinski definition) is 2. The van der Waals surface area contributed by atoms with Gasteiger partial charge in [-0.25, -0.2) is 4.79 Å². The Bertz CT molecular complexity index is 359. The lowest BCUT2D eigenvalue weighted by Gasteiger charge is -2.07. The van der Waals surface area contributed by atoms with Crippen LogP contribution in [0.15, 0.2) is 42.7 Å². The molecule has 0 aliphatic carbocycles. The highest BCUT2D eigenvalue weighted by atomic mass is 16.5. The van der Waals surface area contributed by atoms with Crippen molar-refractivity contribution in [2.45, 2.75) is 6.92 Å².